The van der Waals surface area contributed by atoms with Crippen LogP contribution in [0.3, 0.4) is 0 Å². The van der Waals surface area contributed by atoms with Crippen LogP contribution in [0.25, 0.3) is 0 Å². The van der Waals surface area contributed by atoms with E-state index in [9.17, 15) is 4.79 Å². The lowest BCUT2D eigenvalue weighted by Gasteiger charge is -2.07. The molecule has 0 bridgehead atoms. The molecule has 0 aliphatic rings. The Kier molecular flexibility index (Phi) is 4.69. The Morgan fingerprint density at radius 1 is 1.19 bits per heavy atom. The fraction of sp³-hybridized carbons (Fsp3) is 0.500. The highest BCUT2D eigenvalue weighted by Crippen LogP contribution is 2.15. The number of rotatable bonds is 5. The van der Waals surface area contributed by atoms with Gasteiger partial charge < -0.3 is 5.73 Å². The van der Waals surface area contributed by atoms with E-state index in [1.807, 2.05) is 19.1 Å². The van der Waals surface area contributed by atoms with Gasteiger partial charge in [0, 0.05) is 18.9 Å². The van der Waals surface area contributed by atoms with Crippen LogP contribution in [0.5, 0.6) is 0 Å². The molecule has 2 heteroatoms. The summed E-state index contributed by atoms with van der Waals surface area (Å²) in [4.78, 5) is 11.6. The second-order valence-corrected chi connectivity index (χ2v) is 4.79. The van der Waals surface area contributed by atoms with E-state index in [1.54, 1.807) is 0 Å². The molecule has 0 saturated carbocycles. The van der Waals surface area contributed by atoms with Crippen molar-refractivity contribution in [3.63, 3.8) is 0 Å². The Morgan fingerprint density at radius 3 is 2.19 bits per heavy atom. The zero-order valence-corrected chi connectivity index (χ0v) is 10.4. The standard InChI is InChI=1S/C14H21NO/c1-10(2)13-6-4-12(5-7-13)9-14(16)8-11(3)15/h4-7,10-11H,8-9,15H2,1-3H3. The molecule has 2 nitrogen and oxygen atoms in total. The molecule has 2 N–H and O–H groups in total. The number of hydrogen-bond donors (Lipinski definition) is 1. The maximum atomic E-state index is 11.6. The number of carbonyl (C=O) groups excluding carboxylic acids is 1. The average molecular weight is 219 g/mol. The molecule has 1 rings (SSSR count). The van der Waals surface area contributed by atoms with Gasteiger partial charge in [0.2, 0.25) is 0 Å². The van der Waals surface area contributed by atoms with Gasteiger partial charge in [-0.15, -0.1) is 0 Å². The molecule has 1 unspecified atom stereocenters. The van der Waals surface area contributed by atoms with E-state index in [0.717, 1.165) is 5.56 Å². The predicted octanol–water partition coefficient (Wildman–Crippen LogP) is 2.66. The molecule has 1 aromatic carbocycles. The van der Waals surface area contributed by atoms with Crippen molar-refractivity contribution in [1.29, 1.82) is 0 Å². The first-order valence-corrected chi connectivity index (χ1v) is 5.85. The molecule has 0 amide bonds. The van der Waals surface area contributed by atoms with Crippen molar-refractivity contribution in [2.24, 2.45) is 5.73 Å². The van der Waals surface area contributed by atoms with Crippen molar-refractivity contribution >= 4 is 5.78 Å². The molecule has 1 aromatic rings. The molecule has 0 aliphatic carbocycles. The summed E-state index contributed by atoms with van der Waals surface area (Å²) in [5.41, 5.74) is 7.98. The first-order chi connectivity index (χ1) is 7.49. The summed E-state index contributed by atoms with van der Waals surface area (Å²) in [5, 5.41) is 0. The normalized spacial score (nSPS) is 12.8. The van der Waals surface area contributed by atoms with Gasteiger partial charge >= 0.3 is 0 Å². The van der Waals surface area contributed by atoms with Gasteiger partial charge in [-0.05, 0) is 24.0 Å². The minimum atomic E-state index is -0.0394. The third-order valence-electron chi connectivity index (χ3n) is 2.60. The average Bonchev–Trinajstić information content (AvgIpc) is 2.16. The van der Waals surface area contributed by atoms with E-state index in [1.165, 1.54) is 5.56 Å². The maximum Gasteiger partial charge on any atom is 0.138 e. The summed E-state index contributed by atoms with van der Waals surface area (Å²) in [7, 11) is 0. The number of carbonyl (C=O) groups is 1. The zero-order valence-electron chi connectivity index (χ0n) is 10.4. The number of ketones is 1. The SMILES string of the molecule is CC(N)CC(=O)Cc1ccc(C(C)C)cc1. The van der Waals surface area contributed by atoms with E-state index >= 15 is 0 Å². The highest BCUT2D eigenvalue weighted by molar-refractivity contribution is 5.81. The summed E-state index contributed by atoms with van der Waals surface area (Å²) in [6.07, 6.45) is 0.964. The van der Waals surface area contributed by atoms with Crippen molar-refractivity contribution in [3.8, 4) is 0 Å². The Balaban J connectivity index is 2.58. The third-order valence-corrected chi connectivity index (χ3v) is 2.60. The summed E-state index contributed by atoms with van der Waals surface area (Å²) in [6, 6.07) is 8.23. The predicted molar refractivity (Wildman–Crippen MR) is 67.5 cm³/mol. The van der Waals surface area contributed by atoms with Crippen LogP contribution in [-0.2, 0) is 11.2 Å². The van der Waals surface area contributed by atoms with Gasteiger partial charge in [-0.3, -0.25) is 4.79 Å². The van der Waals surface area contributed by atoms with Gasteiger partial charge in [0.05, 0.1) is 0 Å². The van der Waals surface area contributed by atoms with Gasteiger partial charge in [0.1, 0.15) is 5.78 Å². The topological polar surface area (TPSA) is 43.1 Å². The van der Waals surface area contributed by atoms with Gasteiger partial charge in [-0.2, -0.15) is 0 Å². The number of nitrogens with two attached hydrogens (primary N) is 1. The smallest absolute Gasteiger partial charge is 0.138 e. The van der Waals surface area contributed by atoms with Crippen LogP contribution >= 0.6 is 0 Å². The van der Waals surface area contributed by atoms with Crippen LogP contribution in [0.4, 0.5) is 0 Å². The molecule has 1 atom stereocenters. The monoisotopic (exact) mass is 219 g/mol. The molecule has 0 aliphatic heterocycles. The largest absolute Gasteiger partial charge is 0.328 e. The Hall–Kier alpha value is -1.15. The van der Waals surface area contributed by atoms with Crippen molar-refractivity contribution < 1.29 is 4.79 Å². The van der Waals surface area contributed by atoms with Crippen molar-refractivity contribution in [3.05, 3.63) is 35.4 Å². The molecular weight excluding hydrogens is 198 g/mol. The Morgan fingerprint density at radius 2 is 1.75 bits per heavy atom. The second-order valence-electron chi connectivity index (χ2n) is 4.79. The number of benzene rings is 1. The molecule has 0 saturated heterocycles. The molecule has 0 spiro atoms. The molecule has 0 heterocycles. The highest BCUT2D eigenvalue weighted by atomic mass is 16.1. The highest BCUT2D eigenvalue weighted by Gasteiger charge is 2.07. The van der Waals surface area contributed by atoms with Gasteiger partial charge in [0.25, 0.3) is 0 Å². The zero-order chi connectivity index (χ0) is 12.1. The molecule has 88 valence electrons. The van der Waals surface area contributed by atoms with Crippen molar-refractivity contribution in [1.82, 2.24) is 0 Å². The van der Waals surface area contributed by atoms with Gasteiger partial charge in [-0.25, -0.2) is 0 Å². The lowest BCUT2D eigenvalue weighted by atomic mass is 9.99. The summed E-state index contributed by atoms with van der Waals surface area (Å²) < 4.78 is 0. The van der Waals surface area contributed by atoms with E-state index in [-0.39, 0.29) is 11.8 Å². The molecular formula is C14H21NO. The van der Waals surface area contributed by atoms with E-state index in [0.29, 0.717) is 18.8 Å². The van der Waals surface area contributed by atoms with Gasteiger partial charge in [0.15, 0.2) is 0 Å². The quantitative estimate of drug-likeness (QED) is 0.827. The minimum Gasteiger partial charge on any atom is -0.328 e. The number of hydrogen-bond acceptors (Lipinski definition) is 2. The molecule has 0 radical (unpaired) electrons. The summed E-state index contributed by atoms with van der Waals surface area (Å²) in [5.74, 6) is 0.751. The fourth-order valence-electron chi connectivity index (χ4n) is 1.68. The van der Waals surface area contributed by atoms with E-state index < -0.39 is 0 Å². The van der Waals surface area contributed by atoms with Crippen LogP contribution in [0.2, 0.25) is 0 Å². The Labute approximate surface area is 97.9 Å². The first-order valence-electron chi connectivity index (χ1n) is 5.85. The van der Waals surface area contributed by atoms with E-state index in [4.69, 9.17) is 5.73 Å². The van der Waals surface area contributed by atoms with Crippen LogP contribution in [-0.4, -0.2) is 11.8 Å². The third kappa shape index (κ3) is 4.15. The Bertz CT molecular complexity index is 338. The number of Topliss-reactive ketones (excluding diaryl/α,β-unsaturated/α-hetero) is 1. The van der Waals surface area contributed by atoms with Crippen LogP contribution < -0.4 is 5.73 Å². The lowest BCUT2D eigenvalue weighted by molar-refractivity contribution is -0.118. The fourth-order valence-corrected chi connectivity index (χ4v) is 1.68. The van der Waals surface area contributed by atoms with Crippen molar-refractivity contribution in [2.45, 2.75) is 45.6 Å². The van der Waals surface area contributed by atoms with E-state index in [2.05, 4.69) is 26.0 Å². The van der Waals surface area contributed by atoms with Crippen LogP contribution in [0.1, 0.15) is 44.2 Å². The molecule has 0 aromatic heterocycles. The molecule has 0 fully saturated rings. The maximum absolute atomic E-state index is 11.6. The van der Waals surface area contributed by atoms with Gasteiger partial charge in [-0.1, -0.05) is 38.1 Å². The first kappa shape index (κ1) is 12.9. The summed E-state index contributed by atoms with van der Waals surface area (Å²) in [6.45, 7) is 6.19. The van der Waals surface area contributed by atoms with Crippen molar-refractivity contribution in [2.75, 3.05) is 0 Å². The lowest BCUT2D eigenvalue weighted by Crippen LogP contribution is -2.20. The molecule has 16 heavy (non-hydrogen) atoms. The van der Waals surface area contributed by atoms with Crippen LogP contribution in [0, 0.1) is 0 Å². The van der Waals surface area contributed by atoms with Crippen LogP contribution in [0.15, 0.2) is 24.3 Å². The summed E-state index contributed by atoms with van der Waals surface area (Å²) >= 11 is 0. The second kappa shape index (κ2) is 5.80. The minimum absolute atomic E-state index is 0.0394.